The van der Waals surface area contributed by atoms with E-state index >= 15 is 0 Å². The Morgan fingerprint density at radius 2 is 1.45 bits per heavy atom. The Morgan fingerprint density at radius 1 is 0.850 bits per heavy atom. The Balaban J connectivity index is 2.17. The number of aliphatic carboxylic acids is 3. The van der Waals surface area contributed by atoms with E-state index in [9.17, 15) is 39.0 Å². The Hall–Kier alpha value is -4.46. The molecule has 218 valence electrons. The number of carbonyl (C=O) groups is 6. The van der Waals surface area contributed by atoms with Gasteiger partial charge in [-0.2, -0.15) is 0 Å². The van der Waals surface area contributed by atoms with E-state index in [-0.39, 0.29) is 31.6 Å². The number of aromatic amines is 1. The Bertz CT molecular complexity index is 1240. The molecular formula is C26H35N5O9. The Labute approximate surface area is 229 Å². The van der Waals surface area contributed by atoms with E-state index in [1.165, 1.54) is 0 Å². The van der Waals surface area contributed by atoms with Crippen molar-refractivity contribution in [2.75, 3.05) is 0 Å². The first-order valence-corrected chi connectivity index (χ1v) is 12.7. The highest BCUT2D eigenvalue weighted by Crippen LogP contribution is 2.19. The smallest absolute Gasteiger partial charge is 0.326 e. The van der Waals surface area contributed by atoms with Crippen LogP contribution >= 0.6 is 0 Å². The van der Waals surface area contributed by atoms with Crippen LogP contribution in [0, 0.1) is 5.92 Å². The highest BCUT2D eigenvalue weighted by Gasteiger charge is 2.32. The summed E-state index contributed by atoms with van der Waals surface area (Å²) in [5.74, 6) is -6.75. The lowest BCUT2D eigenvalue weighted by molar-refractivity contribution is -0.144. The molecule has 0 radical (unpaired) electrons. The lowest BCUT2D eigenvalue weighted by Gasteiger charge is -2.25. The van der Waals surface area contributed by atoms with Crippen molar-refractivity contribution in [3.8, 4) is 0 Å². The average Bonchev–Trinajstić information content (AvgIpc) is 3.28. The van der Waals surface area contributed by atoms with Crippen LogP contribution in [0.1, 0.15) is 45.1 Å². The number of H-pyrrole nitrogens is 1. The summed E-state index contributed by atoms with van der Waals surface area (Å²) in [6.45, 7) is 3.53. The largest absolute Gasteiger partial charge is 0.481 e. The van der Waals surface area contributed by atoms with Gasteiger partial charge in [0.2, 0.25) is 17.7 Å². The molecule has 0 fully saturated rings. The van der Waals surface area contributed by atoms with Crippen LogP contribution in [-0.4, -0.2) is 80.1 Å². The van der Waals surface area contributed by atoms with Gasteiger partial charge in [0.05, 0.1) is 12.5 Å². The number of aromatic nitrogens is 1. The van der Waals surface area contributed by atoms with E-state index < -0.39 is 66.2 Å². The van der Waals surface area contributed by atoms with Crippen LogP contribution < -0.4 is 21.7 Å². The fourth-order valence-corrected chi connectivity index (χ4v) is 4.04. The number of amides is 3. The van der Waals surface area contributed by atoms with Crippen LogP contribution in [0.25, 0.3) is 10.9 Å². The first-order chi connectivity index (χ1) is 18.8. The SMILES string of the molecule is CC(C)CC(NC(=O)C(N)CCC(=O)O)C(=O)NC(CC(=O)O)C(=O)NC(Cc1c[nH]c2ccccc12)C(=O)O. The second-order valence-electron chi connectivity index (χ2n) is 9.85. The number of nitrogens with two attached hydrogens (primary N) is 1. The van der Waals surface area contributed by atoms with Gasteiger partial charge in [-0.15, -0.1) is 0 Å². The van der Waals surface area contributed by atoms with Crippen LogP contribution in [0.3, 0.4) is 0 Å². The van der Waals surface area contributed by atoms with Gasteiger partial charge in [-0.05, 0) is 30.4 Å². The van der Waals surface area contributed by atoms with Crippen LogP contribution in [-0.2, 0) is 35.2 Å². The van der Waals surface area contributed by atoms with Gasteiger partial charge in [0.1, 0.15) is 18.1 Å². The van der Waals surface area contributed by atoms with Gasteiger partial charge in [0.15, 0.2) is 0 Å². The molecule has 3 amide bonds. The van der Waals surface area contributed by atoms with E-state index in [0.717, 1.165) is 10.9 Å². The molecule has 0 aliphatic heterocycles. The normalized spacial score (nSPS) is 14.1. The summed E-state index contributed by atoms with van der Waals surface area (Å²) in [7, 11) is 0. The lowest BCUT2D eigenvalue weighted by Crippen LogP contribution is -2.58. The number of hydrogen-bond acceptors (Lipinski definition) is 7. The predicted molar refractivity (Wildman–Crippen MR) is 142 cm³/mol. The number of rotatable bonds is 16. The minimum Gasteiger partial charge on any atom is -0.481 e. The number of carboxylic acids is 3. The van der Waals surface area contributed by atoms with E-state index in [1.54, 1.807) is 44.3 Å². The molecule has 4 unspecified atom stereocenters. The van der Waals surface area contributed by atoms with Crippen molar-refractivity contribution < 1.29 is 44.1 Å². The average molecular weight is 562 g/mol. The second kappa shape index (κ2) is 14.6. The third kappa shape index (κ3) is 9.69. The molecule has 2 aromatic rings. The zero-order valence-electron chi connectivity index (χ0n) is 22.2. The molecule has 0 spiro atoms. The highest BCUT2D eigenvalue weighted by atomic mass is 16.4. The summed E-state index contributed by atoms with van der Waals surface area (Å²) in [5, 5.41) is 35.7. The summed E-state index contributed by atoms with van der Waals surface area (Å²) >= 11 is 0. The number of hydrogen-bond donors (Lipinski definition) is 8. The molecule has 14 heteroatoms. The first-order valence-electron chi connectivity index (χ1n) is 12.7. The first kappa shape index (κ1) is 31.8. The molecule has 9 N–H and O–H groups in total. The number of para-hydroxylation sites is 1. The zero-order valence-corrected chi connectivity index (χ0v) is 22.2. The number of nitrogens with one attached hydrogen (secondary N) is 4. The lowest BCUT2D eigenvalue weighted by atomic mass is 10.0. The molecule has 40 heavy (non-hydrogen) atoms. The van der Waals surface area contributed by atoms with Crippen LogP contribution in [0.5, 0.6) is 0 Å². The molecule has 4 atom stereocenters. The third-order valence-electron chi connectivity index (χ3n) is 6.07. The molecule has 0 bridgehead atoms. The molecule has 1 aromatic heterocycles. The van der Waals surface area contributed by atoms with Gasteiger partial charge in [-0.3, -0.25) is 24.0 Å². The van der Waals surface area contributed by atoms with E-state index in [0.29, 0.717) is 5.56 Å². The van der Waals surface area contributed by atoms with Gasteiger partial charge < -0.3 is 42.0 Å². The van der Waals surface area contributed by atoms with E-state index in [2.05, 4.69) is 20.9 Å². The number of carbonyl (C=O) groups excluding carboxylic acids is 3. The maximum absolute atomic E-state index is 13.1. The van der Waals surface area contributed by atoms with Gasteiger partial charge >= 0.3 is 17.9 Å². The van der Waals surface area contributed by atoms with Crippen LogP contribution in [0.4, 0.5) is 0 Å². The summed E-state index contributed by atoms with van der Waals surface area (Å²) < 4.78 is 0. The van der Waals surface area contributed by atoms with Crippen molar-refractivity contribution in [2.45, 2.75) is 70.1 Å². The topological polar surface area (TPSA) is 241 Å². The number of carboxylic acid groups (broad SMARTS) is 3. The molecule has 14 nitrogen and oxygen atoms in total. The summed E-state index contributed by atoms with van der Waals surface area (Å²) in [4.78, 5) is 75.8. The standard InChI is InChI=1S/C26H35N5O9/c1-13(2)9-18(29-23(36)16(27)7-8-21(32)33)24(37)30-19(11-22(34)35)25(38)31-20(26(39)40)10-14-12-28-17-6-4-3-5-15(14)17/h3-6,12-13,16,18-20,28H,7-11,27H2,1-2H3,(H,29,36)(H,30,37)(H,31,38)(H,32,33)(H,34,35)(H,39,40). The van der Waals surface area contributed by atoms with Crippen molar-refractivity contribution >= 4 is 46.5 Å². The highest BCUT2D eigenvalue weighted by molar-refractivity contribution is 5.96. The summed E-state index contributed by atoms with van der Waals surface area (Å²) in [5.41, 5.74) is 7.11. The summed E-state index contributed by atoms with van der Waals surface area (Å²) in [6, 6.07) is 1.66. The molecule has 1 aromatic carbocycles. The number of fused-ring (bicyclic) bond motifs is 1. The molecule has 0 aliphatic rings. The maximum Gasteiger partial charge on any atom is 0.326 e. The Kier molecular flexibility index (Phi) is 11.6. The molecular weight excluding hydrogens is 526 g/mol. The van der Waals surface area contributed by atoms with Crippen LogP contribution in [0.2, 0.25) is 0 Å². The monoisotopic (exact) mass is 561 g/mol. The molecule has 0 aliphatic carbocycles. The van der Waals surface area contributed by atoms with Crippen molar-refractivity contribution in [3.63, 3.8) is 0 Å². The van der Waals surface area contributed by atoms with Gasteiger partial charge in [0.25, 0.3) is 0 Å². The minimum absolute atomic E-state index is 0.100. The maximum atomic E-state index is 13.1. The van der Waals surface area contributed by atoms with Crippen molar-refractivity contribution in [1.29, 1.82) is 0 Å². The quantitative estimate of drug-likeness (QED) is 0.136. The Morgan fingerprint density at radius 3 is 2.05 bits per heavy atom. The zero-order chi connectivity index (χ0) is 30.0. The van der Waals surface area contributed by atoms with Gasteiger partial charge in [-0.1, -0.05) is 32.0 Å². The molecule has 1 heterocycles. The molecule has 0 saturated carbocycles. The van der Waals surface area contributed by atoms with E-state index in [1.807, 2.05) is 0 Å². The van der Waals surface area contributed by atoms with E-state index in [4.69, 9.17) is 10.8 Å². The van der Waals surface area contributed by atoms with Gasteiger partial charge in [-0.25, -0.2) is 4.79 Å². The summed E-state index contributed by atoms with van der Waals surface area (Å²) in [6.07, 6.45) is 0.219. The minimum atomic E-state index is -1.65. The van der Waals surface area contributed by atoms with Crippen molar-refractivity contribution in [3.05, 3.63) is 36.0 Å². The predicted octanol–water partition coefficient (Wildman–Crippen LogP) is -0.0377. The van der Waals surface area contributed by atoms with Crippen molar-refractivity contribution in [1.82, 2.24) is 20.9 Å². The second-order valence-corrected chi connectivity index (χ2v) is 9.85. The molecule has 2 rings (SSSR count). The van der Waals surface area contributed by atoms with Crippen LogP contribution in [0.15, 0.2) is 30.5 Å². The van der Waals surface area contributed by atoms with Gasteiger partial charge in [0, 0.05) is 29.9 Å². The molecule has 0 saturated heterocycles. The fraction of sp³-hybridized carbons (Fsp3) is 0.462. The van der Waals surface area contributed by atoms with Crippen molar-refractivity contribution in [2.24, 2.45) is 11.7 Å². The fourth-order valence-electron chi connectivity index (χ4n) is 4.04. The number of benzene rings is 1. The third-order valence-corrected chi connectivity index (χ3v) is 6.07.